The van der Waals surface area contributed by atoms with E-state index in [2.05, 4.69) is 10.3 Å². The van der Waals surface area contributed by atoms with E-state index in [1.807, 2.05) is 0 Å². The van der Waals surface area contributed by atoms with Crippen LogP contribution >= 0.6 is 0 Å². The summed E-state index contributed by atoms with van der Waals surface area (Å²) in [6, 6.07) is 5.32. The fraction of sp³-hybridized carbons (Fsp3) is 0.350. The number of primary amides is 1. The number of benzene rings is 1. The Kier molecular flexibility index (Phi) is 5.66. The summed E-state index contributed by atoms with van der Waals surface area (Å²) in [6.45, 7) is 2.06. The van der Waals surface area contributed by atoms with Crippen LogP contribution in [0.5, 0.6) is 5.75 Å². The Labute approximate surface area is 174 Å². The van der Waals surface area contributed by atoms with Crippen LogP contribution < -0.4 is 11.1 Å². The van der Waals surface area contributed by atoms with Crippen molar-refractivity contribution in [1.29, 1.82) is 0 Å². The summed E-state index contributed by atoms with van der Waals surface area (Å²) in [5, 5.41) is 12.5. The third-order valence-electron chi connectivity index (χ3n) is 5.56. The molecular weight excluding hydrogens is 422 g/mol. The Hall–Kier alpha value is -3.21. The topological polar surface area (TPSA) is 115 Å². The predicted octanol–water partition coefficient (Wildman–Crippen LogP) is 3.10. The molecule has 1 aromatic carbocycles. The summed E-state index contributed by atoms with van der Waals surface area (Å²) in [5.41, 5.74) is 2.27. The molecule has 1 aliphatic heterocycles. The van der Waals surface area contributed by atoms with Crippen LogP contribution in [0.4, 0.5) is 23.2 Å². The number of carbonyl (C=O) groups is 2. The van der Waals surface area contributed by atoms with Crippen LogP contribution in [0, 0.1) is 11.7 Å². The van der Waals surface area contributed by atoms with E-state index in [0.29, 0.717) is 0 Å². The molecule has 31 heavy (non-hydrogen) atoms. The highest BCUT2D eigenvalue weighted by atomic mass is 19.4. The molecule has 2 aromatic rings. The van der Waals surface area contributed by atoms with Crippen LogP contribution in [0.1, 0.15) is 35.8 Å². The third-order valence-corrected chi connectivity index (χ3v) is 5.56. The van der Waals surface area contributed by atoms with Crippen molar-refractivity contribution in [3.63, 3.8) is 0 Å². The van der Waals surface area contributed by atoms with Gasteiger partial charge in [-0.25, -0.2) is 4.39 Å². The van der Waals surface area contributed by atoms with Crippen LogP contribution in [-0.4, -0.2) is 39.8 Å². The number of nitrogens with zero attached hydrogens (tertiary/aromatic N) is 1. The smallest absolute Gasteiger partial charge is 0.417 e. The van der Waals surface area contributed by atoms with Gasteiger partial charge in [0.25, 0.3) is 11.8 Å². The SMILES string of the molecule is C[C@@H]1[C@H](c2ccc(F)cc2O)[C@@H](C(=O)Nc2ccnc(C(N)=O)c2)O[C@]1(C)C(F)(F)F. The molecule has 1 fully saturated rings. The van der Waals surface area contributed by atoms with E-state index in [9.17, 15) is 32.3 Å². The van der Waals surface area contributed by atoms with Gasteiger partial charge in [0, 0.05) is 35.3 Å². The van der Waals surface area contributed by atoms with E-state index in [1.165, 1.54) is 19.2 Å². The van der Waals surface area contributed by atoms with E-state index < -0.39 is 53.1 Å². The number of hydrogen-bond donors (Lipinski definition) is 3. The molecule has 4 N–H and O–H groups in total. The second-order valence-electron chi connectivity index (χ2n) is 7.44. The summed E-state index contributed by atoms with van der Waals surface area (Å²) >= 11 is 0. The number of alkyl halides is 3. The number of halogens is 4. The molecule has 1 aliphatic rings. The Morgan fingerprint density at radius 3 is 2.52 bits per heavy atom. The summed E-state index contributed by atoms with van der Waals surface area (Å²) in [7, 11) is 0. The van der Waals surface area contributed by atoms with E-state index >= 15 is 0 Å². The molecule has 0 radical (unpaired) electrons. The number of aromatic hydroxyl groups is 1. The lowest BCUT2D eigenvalue weighted by molar-refractivity contribution is -0.272. The van der Waals surface area contributed by atoms with Crippen molar-refractivity contribution in [2.24, 2.45) is 11.7 Å². The average molecular weight is 441 g/mol. The first-order chi connectivity index (χ1) is 14.3. The Balaban J connectivity index is 2.01. The van der Waals surface area contributed by atoms with Crippen LogP contribution in [0.25, 0.3) is 0 Å². The Bertz CT molecular complexity index is 1030. The minimum Gasteiger partial charge on any atom is -0.508 e. The molecule has 0 aliphatic carbocycles. The molecule has 4 atom stereocenters. The number of phenolic OH excluding ortho intramolecular Hbond substituents is 1. The van der Waals surface area contributed by atoms with Crippen molar-refractivity contribution in [3.8, 4) is 5.75 Å². The highest BCUT2D eigenvalue weighted by molar-refractivity contribution is 5.97. The lowest BCUT2D eigenvalue weighted by atomic mass is 9.77. The van der Waals surface area contributed by atoms with Crippen molar-refractivity contribution in [1.82, 2.24) is 4.98 Å². The average Bonchev–Trinajstić information content (AvgIpc) is 2.94. The number of aromatic nitrogens is 1. The highest BCUT2D eigenvalue weighted by Gasteiger charge is 2.65. The highest BCUT2D eigenvalue weighted by Crippen LogP contribution is 2.54. The molecule has 0 saturated carbocycles. The van der Waals surface area contributed by atoms with Gasteiger partial charge >= 0.3 is 6.18 Å². The molecule has 2 heterocycles. The summed E-state index contributed by atoms with van der Waals surface area (Å²) < 4.78 is 60.1. The van der Waals surface area contributed by atoms with Gasteiger partial charge in [0.05, 0.1) is 0 Å². The molecule has 3 rings (SSSR count). The van der Waals surface area contributed by atoms with Crippen molar-refractivity contribution < 1.29 is 37.0 Å². The Morgan fingerprint density at radius 1 is 1.26 bits per heavy atom. The summed E-state index contributed by atoms with van der Waals surface area (Å²) in [5.74, 6) is -5.74. The number of amides is 2. The van der Waals surface area contributed by atoms with Crippen LogP contribution in [0.15, 0.2) is 36.5 Å². The summed E-state index contributed by atoms with van der Waals surface area (Å²) in [4.78, 5) is 27.9. The number of hydrogen-bond acceptors (Lipinski definition) is 5. The molecule has 11 heteroatoms. The fourth-order valence-corrected chi connectivity index (χ4v) is 3.68. The molecule has 7 nitrogen and oxygen atoms in total. The van der Waals surface area contributed by atoms with Gasteiger partial charge in [-0.2, -0.15) is 13.2 Å². The van der Waals surface area contributed by atoms with E-state index in [1.54, 1.807) is 0 Å². The van der Waals surface area contributed by atoms with Crippen LogP contribution in [0.3, 0.4) is 0 Å². The molecule has 166 valence electrons. The second-order valence-corrected chi connectivity index (χ2v) is 7.44. The number of nitrogens with one attached hydrogen (secondary N) is 1. The molecule has 0 unspecified atom stereocenters. The maximum absolute atomic E-state index is 13.8. The monoisotopic (exact) mass is 441 g/mol. The van der Waals surface area contributed by atoms with Crippen molar-refractivity contribution >= 4 is 17.5 Å². The molecule has 0 spiro atoms. The van der Waals surface area contributed by atoms with E-state index in [4.69, 9.17) is 10.5 Å². The van der Waals surface area contributed by atoms with Gasteiger partial charge in [0.1, 0.15) is 23.4 Å². The van der Waals surface area contributed by atoms with E-state index in [0.717, 1.165) is 31.2 Å². The zero-order chi connectivity index (χ0) is 23.1. The lowest BCUT2D eigenvalue weighted by Crippen LogP contribution is -2.47. The van der Waals surface area contributed by atoms with Gasteiger partial charge in [0.2, 0.25) is 0 Å². The number of phenols is 1. The van der Waals surface area contributed by atoms with Gasteiger partial charge < -0.3 is 20.9 Å². The van der Waals surface area contributed by atoms with Gasteiger partial charge in [-0.3, -0.25) is 14.6 Å². The zero-order valence-electron chi connectivity index (χ0n) is 16.4. The zero-order valence-corrected chi connectivity index (χ0v) is 16.4. The molecule has 2 amide bonds. The number of anilines is 1. The maximum Gasteiger partial charge on any atom is 0.417 e. The first kappa shape index (κ1) is 22.5. The third kappa shape index (κ3) is 4.05. The number of ether oxygens (including phenoxy) is 1. The van der Waals surface area contributed by atoms with Crippen molar-refractivity contribution in [2.45, 2.75) is 37.6 Å². The first-order valence-electron chi connectivity index (χ1n) is 9.15. The largest absolute Gasteiger partial charge is 0.508 e. The Morgan fingerprint density at radius 2 is 1.94 bits per heavy atom. The predicted molar refractivity (Wildman–Crippen MR) is 101 cm³/mol. The van der Waals surface area contributed by atoms with Gasteiger partial charge in [-0.1, -0.05) is 13.0 Å². The van der Waals surface area contributed by atoms with Crippen molar-refractivity contribution in [2.75, 3.05) is 5.32 Å². The minimum absolute atomic E-state index is 0.0606. The first-order valence-corrected chi connectivity index (χ1v) is 9.15. The minimum atomic E-state index is -4.83. The fourth-order valence-electron chi connectivity index (χ4n) is 3.68. The maximum atomic E-state index is 13.8. The molecule has 0 bridgehead atoms. The molecule has 1 aromatic heterocycles. The normalized spacial score (nSPS) is 25.9. The molecule has 1 saturated heterocycles. The van der Waals surface area contributed by atoms with E-state index in [-0.39, 0.29) is 16.9 Å². The quantitative estimate of drug-likeness (QED) is 0.631. The number of pyridine rings is 1. The number of nitrogens with two attached hydrogens (primary N) is 1. The van der Waals surface area contributed by atoms with Crippen LogP contribution in [0.2, 0.25) is 0 Å². The van der Waals surface area contributed by atoms with Crippen LogP contribution in [-0.2, 0) is 9.53 Å². The molecular formula is C20H19F4N3O4. The second kappa shape index (κ2) is 7.80. The standard InChI is InChI=1S/C20H19F4N3O4/c1-9-15(12-4-3-10(21)7-14(12)28)16(31-19(9,2)20(22,23)24)18(30)27-11-5-6-26-13(8-11)17(25)29/h3-9,15-16,28H,1-2H3,(H2,25,29)(H,26,27,30)/t9-,15-,16+,19+/m1/s1. The van der Waals surface area contributed by atoms with Gasteiger partial charge in [0.15, 0.2) is 5.60 Å². The number of carbonyl (C=O) groups excluding carboxylic acids is 2. The van der Waals surface area contributed by atoms with Gasteiger partial charge in [-0.05, 0) is 25.1 Å². The summed E-state index contributed by atoms with van der Waals surface area (Å²) in [6.07, 6.45) is -5.31. The number of rotatable bonds is 4. The lowest BCUT2D eigenvalue weighted by Gasteiger charge is -2.31. The van der Waals surface area contributed by atoms with Gasteiger partial charge in [-0.15, -0.1) is 0 Å². The van der Waals surface area contributed by atoms with Crippen molar-refractivity contribution in [3.05, 3.63) is 53.6 Å².